The van der Waals surface area contributed by atoms with Gasteiger partial charge in [-0.2, -0.15) is 0 Å². The summed E-state index contributed by atoms with van der Waals surface area (Å²) in [5.74, 6) is 0.476. The molecular formula is C16H25N3O. The molecule has 4 nitrogen and oxygen atoms in total. The van der Waals surface area contributed by atoms with Crippen molar-refractivity contribution in [2.24, 2.45) is 0 Å². The SMILES string of the molecule is CC(CNC(=O)CN1CCN[C@@H](C)C1)c1ccccc1. The number of nitrogens with zero attached hydrogens (tertiary/aromatic N) is 1. The maximum Gasteiger partial charge on any atom is 0.234 e. The minimum atomic E-state index is 0.127. The number of benzene rings is 1. The Kier molecular flexibility index (Phi) is 5.56. The number of amides is 1. The number of rotatable bonds is 5. The Morgan fingerprint density at radius 1 is 1.45 bits per heavy atom. The fraction of sp³-hybridized carbons (Fsp3) is 0.562. The van der Waals surface area contributed by atoms with Gasteiger partial charge in [-0.3, -0.25) is 9.69 Å². The lowest BCUT2D eigenvalue weighted by molar-refractivity contribution is -0.122. The predicted octanol–water partition coefficient (Wildman–Crippen LogP) is 1.20. The highest BCUT2D eigenvalue weighted by atomic mass is 16.2. The summed E-state index contributed by atoms with van der Waals surface area (Å²) in [6, 6.07) is 10.8. The molecule has 110 valence electrons. The quantitative estimate of drug-likeness (QED) is 0.849. The van der Waals surface area contributed by atoms with Crippen LogP contribution in [0.1, 0.15) is 25.3 Å². The molecule has 1 aliphatic rings. The fourth-order valence-electron chi connectivity index (χ4n) is 2.58. The largest absolute Gasteiger partial charge is 0.354 e. The molecule has 1 aliphatic heterocycles. The molecule has 1 aromatic rings. The van der Waals surface area contributed by atoms with Crippen LogP contribution in [0.5, 0.6) is 0 Å². The highest BCUT2D eigenvalue weighted by molar-refractivity contribution is 5.78. The standard InChI is InChI=1S/C16H25N3O/c1-13(15-6-4-3-5-7-15)10-18-16(20)12-19-9-8-17-14(2)11-19/h3-7,13-14,17H,8-12H2,1-2H3,(H,18,20)/t13?,14-/m0/s1. The number of piperazine rings is 1. The van der Waals surface area contributed by atoms with Gasteiger partial charge in [-0.15, -0.1) is 0 Å². The predicted molar refractivity (Wildman–Crippen MR) is 81.8 cm³/mol. The van der Waals surface area contributed by atoms with E-state index >= 15 is 0 Å². The van der Waals surface area contributed by atoms with E-state index in [1.165, 1.54) is 5.56 Å². The van der Waals surface area contributed by atoms with Gasteiger partial charge in [-0.05, 0) is 18.4 Å². The van der Waals surface area contributed by atoms with Crippen LogP contribution in [-0.4, -0.2) is 49.6 Å². The van der Waals surface area contributed by atoms with Gasteiger partial charge in [0, 0.05) is 32.2 Å². The monoisotopic (exact) mass is 275 g/mol. The molecule has 4 heteroatoms. The number of carbonyl (C=O) groups excluding carboxylic acids is 1. The van der Waals surface area contributed by atoms with E-state index in [0.717, 1.165) is 19.6 Å². The van der Waals surface area contributed by atoms with Crippen LogP contribution in [0, 0.1) is 0 Å². The first-order valence-electron chi connectivity index (χ1n) is 7.42. The summed E-state index contributed by atoms with van der Waals surface area (Å²) in [7, 11) is 0. The summed E-state index contributed by atoms with van der Waals surface area (Å²) in [6.07, 6.45) is 0. The van der Waals surface area contributed by atoms with E-state index in [2.05, 4.69) is 41.5 Å². The Balaban J connectivity index is 1.72. The van der Waals surface area contributed by atoms with Crippen LogP contribution in [0.4, 0.5) is 0 Å². The van der Waals surface area contributed by atoms with Gasteiger partial charge in [0.05, 0.1) is 6.54 Å². The van der Waals surface area contributed by atoms with Gasteiger partial charge < -0.3 is 10.6 Å². The number of hydrogen-bond donors (Lipinski definition) is 2. The van der Waals surface area contributed by atoms with Gasteiger partial charge in [0.2, 0.25) is 5.91 Å². The highest BCUT2D eigenvalue weighted by Crippen LogP contribution is 2.12. The van der Waals surface area contributed by atoms with Crippen molar-refractivity contribution < 1.29 is 4.79 Å². The van der Waals surface area contributed by atoms with E-state index in [4.69, 9.17) is 0 Å². The Morgan fingerprint density at radius 2 is 2.20 bits per heavy atom. The van der Waals surface area contributed by atoms with Crippen molar-refractivity contribution in [2.75, 3.05) is 32.7 Å². The van der Waals surface area contributed by atoms with E-state index in [0.29, 0.717) is 25.0 Å². The average molecular weight is 275 g/mol. The molecule has 2 N–H and O–H groups in total. The summed E-state index contributed by atoms with van der Waals surface area (Å²) in [5.41, 5.74) is 1.27. The molecule has 0 aromatic heterocycles. The van der Waals surface area contributed by atoms with Crippen LogP contribution in [-0.2, 0) is 4.79 Å². The first-order chi connectivity index (χ1) is 9.65. The molecule has 0 bridgehead atoms. The smallest absolute Gasteiger partial charge is 0.234 e. The van der Waals surface area contributed by atoms with Crippen LogP contribution in [0.3, 0.4) is 0 Å². The van der Waals surface area contributed by atoms with Crippen molar-refractivity contribution in [3.8, 4) is 0 Å². The van der Waals surface area contributed by atoms with Crippen molar-refractivity contribution in [3.63, 3.8) is 0 Å². The maximum atomic E-state index is 12.0. The molecule has 0 spiro atoms. The molecule has 20 heavy (non-hydrogen) atoms. The van der Waals surface area contributed by atoms with Crippen LogP contribution >= 0.6 is 0 Å². The van der Waals surface area contributed by atoms with Gasteiger partial charge in [0.25, 0.3) is 0 Å². The molecule has 0 radical (unpaired) electrons. The van der Waals surface area contributed by atoms with Crippen LogP contribution < -0.4 is 10.6 Å². The third kappa shape index (κ3) is 4.62. The lowest BCUT2D eigenvalue weighted by Crippen LogP contribution is -2.52. The van der Waals surface area contributed by atoms with Gasteiger partial charge in [0.15, 0.2) is 0 Å². The zero-order valence-electron chi connectivity index (χ0n) is 12.4. The van der Waals surface area contributed by atoms with E-state index < -0.39 is 0 Å². The van der Waals surface area contributed by atoms with E-state index in [9.17, 15) is 4.79 Å². The minimum absolute atomic E-state index is 0.127. The van der Waals surface area contributed by atoms with E-state index in [1.807, 2.05) is 18.2 Å². The minimum Gasteiger partial charge on any atom is -0.354 e. The zero-order chi connectivity index (χ0) is 14.4. The molecule has 1 fully saturated rings. The molecule has 0 saturated carbocycles. The van der Waals surface area contributed by atoms with Crippen molar-refractivity contribution in [2.45, 2.75) is 25.8 Å². The van der Waals surface area contributed by atoms with Gasteiger partial charge in [0.1, 0.15) is 0 Å². The van der Waals surface area contributed by atoms with E-state index in [1.54, 1.807) is 0 Å². The second-order valence-electron chi connectivity index (χ2n) is 5.71. The Bertz CT molecular complexity index is 421. The second-order valence-corrected chi connectivity index (χ2v) is 5.71. The van der Waals surface area contributed by atoms with Crippen molar-refractivity contribution in [3.05, 3.63) is 35.9 Å². The molecule has 1 heterocycles. The third-order valence-electron chi connectivity index (χ3n) is 3.79. The Labute approximate surface area is 121 Å². The molecule has 1 unspecified atom stereocenters. The normalized spacial score (nSPS) is 21.4. The topological polar surface area (TPSA) is 44.4 Å². The fourth-order valence-corrected chi connectivity index (χ4v) is 2.58. The lowest BCUT2D eigenvalue weighted by Gasteiger charge is -2.31. The Hall–Kier alpha value is -1.39. The van der Waals surface area contributed by atoms with Crippen molar-refractivity contribution >= 4 is 5.91 Å². The maximum absolute atomic E-state index is 12.0. The summed E-state index contributed by atoms with van der Waals surface area (Å²) in [4.78, 5) is 14.2. The highest BCUT2D eigenvalue weighted by Gasteiger charge is 2.18. The molecule has 2 atom stereocenters. The summed E-state index contributed by atoms with van der Waals surface area (Å²) in [5, 5.41) is 6.43. The third-order valence-corrected chi connectivity index (χ3v) is 3.79. The van der Waals surface area contributed by atoms with Gasteiger partial charge >= 0.3 is 0 Å². The van der Waals surface area contributed by atoms with Gasteiger partial charge in [-0.1, -0.05) is 37.3 Å². The van der Waals surface area contributed by atoms with Gasteiger partial charge in [-0.25, -0.2) is 0 Å². The summed E-state index contributed by atoms with van der Waals surface area (Å²) in [6.45, 7) is 8.37. The van der Waals surface area contributed by atoms with Crippen molar-refractivity contribution in [1.29, 1.82) is 0 Å². The Morgan fingerprint density at radius 3 is 2.90 bits per heavy atom. The molecule has 1 aromatic carbocycles. The van der Waals surface area contributed by atoms with Crippen LogP contribution in [0.2, 0.25) is 0 Å². The van der Waals surface area contributed by atoms with Crippen molar-refractivity contribution in [1.82, 2.24) is 15.5 Å². The first-order valence-corrected chi connectivity index (χ1v) is 7.42. The number of nitrogens with one attached hydrogen (secondary N) is 2. The zero-order valence-corrected chi connectivity index (χ0v) is 12.4. The van der Waals surface area contributed by atoms with E-state index in [-0.39, 0.29) is 5.91 Å². The molecular weight excluding hydrogens is 250 g/mol. The first kappa shape index (κ1) is 15.0. The number of carbonyl (C=O) groups is 1. The molecule has 1 saturated heterocycles. The molecule has 2 rings (SSSR count). The summed E-state index contributed by atoms with van der Waals surface area (Å²) >= 11 is 0. The average Bonchev–Trinajstić information content (AvgIpc) is 2.46. The number of hydrogen-bond acceptors (Lipinski definition) is 3. The molecule has 1 amide bonds. The molecule has 0 aliphatic carbocycles. The van der Waals surface area contributed by atoms with Crippen LogP contribution in [0.25, 0.3) is 0 Å². The summed E-state index contributed by atoms with van der Waals surface area (Å²) < 4.78 is 0. The lowest BCUT2D eigenvalue weighted by atomic mass is 10.0. The second kappa shape index (κ2) is 7.41. The van der Waals surface area contributed by atoms with Crippen LogP contribution in [0.15, 0.2) is 30.3 Å².